The summed E-state index contributed by atoms with van der Waals surface area (Å²) in [6.45, 7) is 5.46. The van der Waals surface area contributed by atoms with E-state index in [1.807, 2.05) is 19.9 Å². The Morgan fingerprint density at radius 3 is 2.65 bits per heavy atom. The van der Waals surface area contributed by atoms with E-state index >= 15 is 0 Å². The van der Waals surface area contributed by atoms with Gasteiger partial charge in [-0.1, -0.05) is 6.07 Å². The maximum atomic E-state index is 13.5. The fourth-order valence-corrected chi connectivity index (χ4v) is 1.85. The van der Waals surface area contributed by atoms with Crippen LogP contribution in [0.5, 0.6) is 0 Å². The molecule has 2 rings (SSSR count). The molecule has 0 aliphatic carbocycles. The van der Waals surface area contributed by atoms with Gasteiger partial charge < -0.3 is 15.1 Å². The van der Waals surface area contributed by atoms with Gasteiger partial charge in [-0.25, -0.2) is 9.18 Å². The van der Waals surface area contributed by atoms with Crippen molar-refractivity contribution in [1.82, 2.24) is 5.32 Å². The van der Waals surface area contributed by atoms with Crippen LogP contribution in [0.25, 0.3) is 0 Å². The van der Waals surface area contributed by atoms with Crippen LogP contribution in [0.1, 0.15) is 30.0 Å². The Labute approximate surface area is 117 Å². The predicted molar refractivity (Wildman–Crippen MR) is 75.2 cm³/mol. The van der Waals surface area contributed by atoms with E-state index in [2.05, 4.69) is 10.6 Å². The molecule has 20 heavy (non-hydrogen) atoms. The molecule has 0 bridgehead atoms. The van der Waals surface area contributed by atoms with E-state index in [0.29, 0.717) is 5.76 Å². The molecule has 1 aromatic carbocycles. The molecule has 0 aliphatic heterocycles. The number of rotatable bonds is 3. The molecule has 5 heteroatoms. The summed E-state index contributed by atoms with van der Waals surface area (Å²) in [7, 11) is 0. The zero-order valence-corrected chi connectivity index (χ0v) is 11.7. The number of hydrogen-bond acceptors (Lipinski definition) is 2. The first kappa shape index (κ1) is 14.1. The smallest absolute Gasteiger partial charge is 0.319 e. The molecule has 0 saturated carbocycles. The molecule has 0 fully saturated rings. The van der Waals surface area contributed by atoms with Crippen LogP contribution in [-0.4, -0.2) is 6.03 Å². The van der Waals surface area contributed by atoms with Crippen molar-refractivity contribution in [2.45, 2.75) is 26.8 Å². The van der Waals surface area contributed by atoms with Gasteiger partial charge in [0, 0.05) is 0 Å². The van der Waals surface area contributed by atoms with Crippen LogP contribution in [0.15, 0.2) is 34.7 Å². The Morgan fingerprint density at radius 2 is 2.00 bits per heavy atom. The van der Waals surface area contributed by atoms with Crippen molar-refractivity contribution in [2.24, 2.45) is 0 Å². The van der Waals surface area contributed by atoms with Gasteiger partial charge in [0.1, 0.15) is 17.3 Å². The van der Waals surface area contributed by atoms with E-state index in [4.69, 9.17) is 4.42 Å². The third-order valence-electron chi connectivity index (χ3n) is 2.91. The molecule has 0 aliphatic rings. The molecule has 106 valence electrons. The average molecular weight is 276 g/mol. The fraction of sp³-hybridized carbons (Fsp3) is 0.267. The van der Waals surface area contributed by atoms with E-state index in [1.165, 1.54) is 6.07 Å². The number of aryl methyl sites for hydroxylation is 2. The summed E-state index contributed by atoms with van der Waals surface area (Å²) < 4.78 is 19.0. The minimum absolute atomic E-state index is 0.158. The van der Waals surface area contributed by atoms with E-state index in [0.717, 1.165) is 11.3 Å². The molecule has 1 heterocycles. The number of carbonyl (C=O) groups excluding carboxylic acids is 1. The van der Waals surface area contributed by atoms with Crippen LogP contribution in [0.2, 0.25) is 0 Å². The van der Waals surface area contributed by atoms with Gasteiger partial charge in [-0.15, -0.1) is 0 Å². The third kappa shape index (κ3) is 3.38. The molecule has 1 aromatic heterocycles. The van der Waals surface area contributed by atoms with Gasteiger partial charge in [-0.3, -0.25) is 0 Å². The monoisotopic (exact) mass is 276 g/mol. The highest BCUT2D eigenvalue weighted by Gasteiger charge is 2.13. The first-order valence-corrected chi connectivity index (χ1v) is 6.35. The Hall–Kier alpha value is -2.30. The summed E-state index contributed by atoms with van der Waals surface area (Å²) in [6, 6.07) is 7.40. The highest BCUT2D eigenvalue weighted by atomic mass is 19.1. The molecular formula is C15H17FN2O2. The second-order valence-corrected chi connectivity index (χ2v) is 4.75. The van der Waals surface area contributed by atoms with Crippen LogP contribution in [0.4, 0.5) is 14.9 Å². The SMILES string of the molecule is Cc1ccc(F)c(NC(=O)NC(C)c2ccc(C)o2)c1. The number of anilines is 1. The average Bonchev–Trinajstić information content (AvgIpc) is 2.80. The highest BCUT2D eigenvalue weighted by Crippen LogP contribution is 2.18. The number of halogens is 1. The lowest BCUT2D eigenvalue weighted by Crippen LogP contribution is -2.31. The summed E-state index contributed by atoms with van der Waals surface area (Å²) >= 11 is 0. The molecule has 2 N–H and O–H groups in total. The van der Waals surface area contributed by atoms with Crippen molar-refractivity contribution >= 4 is 11.7 Å². The largest absolute Gasteiger partial charge is 0.464 e. The standard InChI is InChI=1S/C15H17FN2O2/c1-9-4-6-12(16)13(8-9)18-15(19)17-11(3)14-7-5-10(2)20-14/h4-8,11H,1-3H3,(H2,17,18,19). The number of furan rings is 1. The van der Waals surface area contributed by atoms with Gasteiger partial charge >= 0.3 is 6.03 Å². The summed E-state index contributed by atoms with van der Waals surface area (Å²) in [5, 5.41) is 5.19. The van der Waals surface area contributed by atoms with Crippen molar-refractivity contribution in [2.75, 3.05) is 5.32 Å². The summed E-state index contributed by atoms with van der Waals surface area (Å²) in [5.74, 6) is 0.966. The Morgan fingerprint density at radius 1 is 1.25 bits per heavy atom. The van der Waals surface area contributed by atoms with Crippen LogP contribution >= 0.6 is 0 Å². The second-order valence-electron chi connectivity index (χ2n) is 4.75. The van der Waals surface area contributed by atoms with E-state index in [-0.39, 0.29) is 11.7 Å². The molecule has 0 saturated heterocycles. The second kappa shape index (κ2) is 5.77. The first-order chi connectivity index (χ1) is 9.45. The van der Waals surface area contributed by atoms with Gasteiger partial charge in [0.25, 0.3) is 0 Å². The topological polar surface area (TPSA) is 54.3 Å². The number of benzene rings is 1. The minimum atomic E-state index is -0.476. The number of urea groups is 1. The molecule has 2 aromatic rings. The maximum Gasteiger partial charge on any atom is 0.319 e. The zero-order valence-electron chi connectivity index (χ0n) is 11.7. The van der Waals surface area contributed by atoms with Gasteiger partial charge in [0.15, 0.2) is 0 Å². The van der Waals surface area contributed by atoms with Crippen LogP contribution < -0.4 is 10.6 Å². The maximum absolute atomic E-state index is 13.5. The first-order valence-electron chi connectivity index (χ1n) is 6.35. The van der Waals surface area contributed by atoms with Gasteiger partial charge in [0.2, 0.25) is 0 Å². The number of carbonyl (C=O) groups is 1. The van der Waals surface area contributed by atoms with Crippen molar-refractivity contribution < 1.29 is 13.6 Å². The zero-order chi connectivity index (χ0) is 14.7. The van der Waals surface area contributed by atoms with E-state index in [9.17, 15) is 9.18 Å². The lowest BCUT2D eigenvalue weighted by atomic mass is 10.2. The molecule has 0 radical (unpaired) electrons. The lowest BCUT2D eigenvalue weighted by molar-refractivity contribution is 0.247. The van der Waals surface area contributed by atoms with E-state index in [1.54, 1.807) is 25.1 Å². The fourth-order valence-electron chi connectivity index (χ4n) is 1.85. The van der Waals surface area contributed by atoms with Gasteiger partial charge in [0.05, 0.1) is 11.7 Å². The van der Waals surface area contributed by atoms with Crippen LogP contribution in [0.3, 0.4) is 0 Å². The Bertz CT molecular complexity index is 622. The lowest BCUT2D eigenvalue weighted by Gasteiger charge is -2.13. The van der Waals surface area contributed by atoms with Crippen LogP contribution in [-0.2, 0) is 0 Å². The summed E-state index contributed by atoms with van der Waals surface area (Å²) in [6.07, 6.45) is 0. The third-order valence-corrected chi connectivity index (χ3v) is 2.91. The van der Waals surface area contributed by atoms with Crippen LogP contribution in [0, 0.1) is 19.7 Å². The van der Waals surface area contributed by atoms with Crippen molar-refractivity contribution in [3.05, 3.63) is 53.2 Å². The molecule has 1 unspecified atom stereocenters. The predicted octanol–water partition coefficient (Wildman–Crippen LogP) is 3.92. The molecule has 2 amide bonds. The van der Waals surface area contributed by atoms with E-state index < -0.39 is 11.8 Å². The van der Waals surface area contributed by atoms with Crippen molar-refractivity contribution in [3.63, 3.8) is 0 Å². The number of hydrogen-bond donors (Lipinski definition) is 2. The number of amides is 2. The van der Waals surface area contributed by atoms with Crippen molar-refractivity contribution in [1.29, 1.82) is 0 Å². The summed E-state index contributed by atoms with van der Waals surface area (Å²) in [4.78, 5) is 11.8. The number of nitrogens with one attached hydrogen (secondary N) is 2. The normalized spacial score (nSPS) is 12.0. The van der Waals surface area contributed by atoms with Gasteiger partial charge in [-0.2, -0.15) is 0 Å². The molecule has 0 spiro atoms. The molecule has 4 nitrogen and oxygen atoms in total. The Balaban J connectivity index is 2.00. The quantitative estimate of drug-likeness (QED) is 0.892. The highest BCUT2D eigenvalue weighted by molar-refractivity contribution is 5.89. The van der Waals surface area contributed by atoms with Gasteiger partial charge in [-0.05, 0) is 50.6 Å². The molecule has 1 atom stereocenters. The van der Waals surface area contributed by atoms with Crippen molar-refractivity contribution in [3.8, 4) is 0 Å². The molecular weight excluding hydrogens is 259 g/mol. The minimum Gasteiger partial charge on any atom is -0.464 e. The Kier molecular flexibility index (Phi) is 4.08. The summed E-state index contributed by atoms with van der Waals surface area (Å²) in [5.41, 5.74) is 1.03.